The predicted molar refractivity (Wildman–Crippen MR) is 143 cm³/mol. The van der Waals surface area contributed by atoms with Gasteiger partial charge in [-0.05, 0) is 54.1 Å². The fourth-order valence-corrected chi connectivity index (χ4v) is 5.54. The van der Waals surface area contributed by atoms with E-state index in [1.54, 1.807) is 24.3 Å². The SMILES string of the molecule is COc1ccc(NC(=O)c2cc(NCC(=O)C3C(c4cc(Cl)cc(Cl)c4)C3(Cl)Cl)ccc2Cl)c(F)c1. The average molecular weight is 591 g/mol. The molecule has 1 aliphatic carbocycles. The number of hydrogen-bond donors (Lipinski definition) is 2. The second-order valence-electron chi connectivity index (χ2n) is 8.15. The van der Waals surface area contributed by atoms with E-state index in [0.29, 0.717) is 27.0 Å². The molecule has 0 radical (unpaired) electrons. The predicted octanol–water partition coefficient (Wildman–Crippen LogP) is 7.62. The summed E-state index contributed by atoms with van der Waals surface area (Å²) in [7, 11) is 1.41. The van der Waals surface area contributed by atoms with Gasteiger partial charge in [-0.1, -0.05) is 34.8 Å². The van der Waals surface area contributed by atoms with E-state index in [1.807, 2.05) is 0 Å². The molecule has 4 rings (SSSR count). The zero-order valence-corrected chi connectivity index (χ0v) is 22.3. The topological polar surface area (TPSA) is 67.4 Å². The maximum Gasteiger partial charge on any atom is 0.257 e. The summed E-state index contributed by atoms with van der Waals surface area (Å²) in [6, 6.07) is 13.5. The van der Waals surface area contributed by atoms with E-state index in [0.717, 1.165) is 6.07 Å². The first-order valence-electron chi connectivity index (χ1n) is 10.6. The third-order valence-corrected chi connectivity index (χ3v) is 7.45. The van der Waals surface area contributed by atoms with Gasteiger partial charge in [0.25, 0.3) is 5.91 Å². The van der Waals surface area contributed by atoms with Crippen molar-refractivity contribution in [3.05, 3.63) is 86.6 Å². The molecule has 2 unspecified atom stereocenters. The molecule has 188 valence electrons. The van der Waals surface area contributed by atoms with Crippen molar-refractivity contribution in [2.45, 2.75) is 10.3 Å². The molecule has 0 heterocycles. The summed E-state index contributed by atoms with van der Waals surface area (Å²) in [5.74, 6) is -2.34. The van der Waals surface area contributed by atoms with Gasteiger partial charge in [0.1, 0.15) is 15.9 Å². The van der Waals surface area contributed by atoms with E-state index < -0.39 is 27.9 Å². The Kier molecular flexibility index (Phi) is 7.93. The van der Waals surface area contributed by atoms with Crippen LogP contribution in [0.3, 0.4) is 0 Å². The van der Waals surface area contributed by atoms with Crippen LogP contribution in [0.4, 0.5) is 15.8 Å². The first-order chi connectivity index (χ1) is 17.0. The fraction of sp³-hybridized carbons (Fsp3) is 0.200. The van der Waals surface area contributed by atoms with Crippen LogP contribution in [0.25, 0.3) is 0 Å². The first-order valence-corrected chi connectivity index (χ1v) is 12.4. The summed E-state index contributed by atoms with van der Waals surface area (Å²) in [5, 5.41) is 6.42. The number of alkyl halides is 2. The maximum atomic E-state index is 14.2. The molecule has 5 nitrogen and oxygen atoms in total. The molecule has 3 aromatic carbocycles. The number of halogens is 6. The molecule has 0 bridgehead atoms. The van der Waals surface area contributed by atoms with Gasteiger partial charge in [-0.15, -0.1) is 23.2 Å². The Labute approximate surface area is 231 Å². The van der Waals surface area contributed by atoms with Crippen molar-refractivity contribution in [3.8, 4) is 5.75 Å². The second-order valence-corrected chi connectivity index (χ2v) is 10.9. The summed E-state index contributed by atoms with van der Waals surface area (Å²) in [6.07, 6.45) is 0. The van der Waals surface area contributed by atoms with Gasteiger partial charge in [-0.25, -0.2) is 4.39 Å². The van der Waals surface area contributed by atoms with Gasteiger partial charge in [-0.3, -0.25) is 9.59 Å². The molecule has 1 amide bonds. The van der Waals surface area contributed by atoms with E-state index in [9.17, 15) is 14.0 Å². The van der Waals surface area contributed by atoms with Crippen molar-refractivity contribution in [3.63, 3.8) is 0 Å². The fourth-order valence-electron chi connectivity index (χ4n) is 3.92. The largest absolute Gasteiger partial charge is 0.497 e. The van der Waals surface area contributed by atoms with Gasteiger partial charge in [0.05, 0.1) is 35.8 Å². The van der Waals surface area contributed by atoms with Crippen LogP contribution in [0.2, 0.25) is 15.1 Å². The second kappa shape index (κ2) is 10.6. The Morgan fingerprint density at radius 2 is 1.69 bits per heavy atom. The minimum Gasteiger partial charge on any atom is -0.497 e. The molecule has 0 spiro atoms. The molecule has 11 heteroatoms. The monoisotopic (exact) mass is 588 g/mol. The van der Waals surface area contributed by atoms with E-state index in [4.69, 9.17) is 62.7 Å². The lowest BCUT2D eigenvalue weighted by Gasteiger charge is -2.11. The summed E-state index contributed by atoms with van der Waals surface area (Å²) in [5.41, 5.74) is 1.18. The summed E-state index contributed by atoms with van der Waals surface area (Å²) in [4.78, 5) is 25.7. The average Bonchev–Trinajstić information content (AvgIpc) is 3.40. The number of methoxy groups -OCH3 is 1. The molecule has 1 fully saturated rings. The highest BCUT2D eigenvalue weighted by molar-refractivity contribution is 6.53. The molecule has 0 saturated heterocycles. The van der Waals surface area contributed by atoms with Gasteiger partial charge in [0.2, 0.25) is 0 Å². The summed E-state index contributed by atoms with van der Waals surface area (Å²) < 4.78 is 17.9. The number of amides is 1. The lowest BCUT2D eigenvalue weighted by molar-refractivity contribution is -0.118. The number of anilines is 2. The third-order valence-electron chi connectivity index (χ3n) is 5.75. The summed E-state index contributed by atoms with van der Waals surface area (Å²) >= 11 is 31.2. The molecule has 36 heavy (non-hydrogen) atoms. The Balaban J connectivity index is 1.44. The van der Waals surface area contributed by atoms with Crippen molar-refractivity contribution in [1.82, 2.24) is 0 Å². The van der Waals surface area contributed by atoms with Crippen LogP contribution in [0.15, 0.2) is 54.6 Å². The minimum atomic E-state index is -1.29. The number of rotatable bonds is 8. The van der Waals surface area contributed by atoms with Gasteiger partial charge in [-0.2, -0.15) is 0 Å². The highest BCUT2D eigenvalue weighted by Crippen LogP contribution is 2.65. The zero-order valence-electron chi connectivity index (χ0n) is 18.6. The van der Waals surface area contributed by atoms with Crippen LogP contribution >= 0.6 is 58.0 Å². The molecular weight excluding hydrogens is 573 g/mol. The lowest BCUT2D eigenvalue weighted by atomic mass is 10.1. The van der Waals surface area contributed by atoms with E-state index in [-0.39, 0.29) is 28.6 Å². The zero-order chi connectivity index (χ0) is 26.2. The maximum absolute atomic E-state index is 14.2. The number of nitrogens with one attached hydrogen (secondary N) is 2. The molecular formula is C25H18Cl5FN2O3. The van der Waals surface area contributed by atoms with E-state index in [1.165, 1.54) is 31.4 Å². The molecule has 1 saturated carbocycles. The van der Waals surface area contributed by atoms with Crippen molar-refractivity contribution in [2.75, 3.05) is 24.3 Å². The van der Waals surface area contributed by atoms with Crippen LogP contribution in [-0.4, -0.2) is 29.7 Å². The first kappa shape index (κ1) is 26.8. The van der Waals surface area contributed by atoms with Crippen molar-refractivity contribution in [2.24, 2.45) is 5.92 Å². The number of carbonyl (C=O) groups is 2. The summed E-state index contributed by atoms with van der Waals surface area (Å²) in [6.45, 7) is -0.105. The smallest absolute Gasteiger partial charge is 0.257 e. The van der Waals surface area contributed by atoms with Gasteiger partial charge in [0, 0.05) is 27.7 Å². The number of ether oxygens (including phenoxy) is 1. The van der Waals surface area contributed by atoms with E-state index >= 15 is 0 Å². The Hall–Kier alpha value is -2.22. The number of benzene rings is 3. The van der Waals surface area contributed by atoms with Crippen LogP contribution in [0.5, 0.6) is 5.75 Å². The van der Waals surface area contributed by atoms with Crippen LogP contribution in [0.1, 0.15) is 21.8 Å². The normalized spacial score (nSPS) is 17.9. The van der Waals surface area contributed by atoms with E-state index in [2.05, 4.69) is 10.6 Å². The highest BCUT2D eigenvalue weighted by atomic mass is 35.5. The standard InChI is InChI=1S/C25H18Cl5FN2O3/c1-36-16-3-5-20(19(31)10-16)33-24(35)17-9-15(2-4-18(17)28)32-11-21(34)23-22(25(23,29)30)12-6-13(26)8-14(27)7-12/h2-10,22-23,32H,11H2,1H3,(H,33,35). The van der Waals surface area contributed by atoms with Crippen LogP contribution < -0.4 is 15.4 Å². The quantitative estimate of drug-likeness (QED) is 0.265. The molecule has 2 N–H and O–H groups in total. The number of carbonyl (C=O) groups excluding carboxylic acids is 2. The highest BCUT2D eigenvalue weighted by Gasteiger charge is 2.67. The molecule has 3 aromatic rings. The molecule has 0 aromatic heterocycles. The van der Waals surface area contributed by atoms with Crippen molar-refractivity contribution < 1.29 is 18.7 Å². The van der Waals surface area contributed by atoms with Gasteiger partial charge < -0.3 is 15.4 Å². The Bertz CT molecular complexity index is 1330. The van der Waals surface area contributed by atoms with Crippen molar-refractivity contribution in [1.29, 1.82) is 0 Å². The number of hydrogen-bond acceptors (Lipinski definition) is 4. The number of Topliss-reactive ketones (excluding diaryl/α,β-unsaturated/α-hetero) is 1. The Morgan fingerprint density at radius 1 is 1.00 bits per heavy atom. The van der Waals surface area contributed by atoms with Crippen molar-refractivity contribution >= 4 is 81.1 Å². The Morgan fingerprint density at radius 3 is 2.33 bits per heavy atom. The molecule has 0 aliphatic heterocycles. The lowest BCUT2D eigenvalue weighted by Crippen LogP contribution is -2.19. The van der Waals surface area contributed by atoms with Crippen LogP contribution in [-0.2, 0) is 4.79 Å². The molecule has 2 atom stereocenters. The number of ketones is 1. The third kappa shape index (κ3) is 5.68. The molecule has 1 aliphatic rings. The van der Waals surface area contributed by atoms with Crippen LogP contribution in [0, 0.1) is 11.7 Å². The minimum absolute atomic E-state index is 0.0353. The van der Waals surface area contributed by atoms with Gasteiger partial charge >= 0.3 is 0 Å². The van der Waals surface area contributed by atoms with Gasteiger partial charge in [0.15, 0.2) is 5.78 Å².